The Balaban J connectivity index is 2.27. The molecule has 2 aromatic rings. The maximum Gasteiger partial charge on any atom is 0.259 e. The second kappa shape index (κ2) is 6.66. The van der Waals surface area contributed by atoms with Gasteiger partial charge in [0.15, 0.2) is 5.78 Å². The van der Waals surface area contributed by atoms with Gasteiger partial charge < -0.3 is 5.32 Å². The molecule has 0 saturated carbocycles. The molecule has 0 aliphatic carbocycles. The molecule has 106 valence electrons. The number of carbonyl (C=O) groups is 2. The maximum atomic E-state index is 12.3. The van der Waals surface area contributed by atoms with Gasteiger partial charge in [-0.3, -0.25) is 9.59 Å². The summed E-state index contributed by atoms with van der Waals surface area (Å²) in [6, 6.07) is 16.8. The fourth-order valence-electron chi connectivity index (χ4n) is 1.95. The summed E-state index contributed by atoms with van der Waals surface area (Å²) in [5.41, 5.74) is 2.63. The van der Waals surface area contributed by atoms with E-state index in [1.54, 1.807) is 6.08 Å². The lowest BCUT2D eigenvalue weighted by molar-refractivity contribution is -0.118. The fraction of sp³-hybridized carbons (Fsp3) is 0.111. The van der Waals surface area contributed by atoms with Crippen molar-refractivity contribution in [1.29, 1.82) is 0 Å². The molecule has 0 saturated heterocycles. The molecule has 1 N–H and O–H groups in total. The summed E-state index contributed by atoms with van der Waals surface area (Å²) in [7, 11) is 0. The first-order valence-electron chi connectivity index (χ1n) is 6.72. The van der Waals surface area contributed by atoms with Crippen molar-refractivity contribution in [1.82, 2.24) is 0 Å². The topological polar surface area (TPSA) is 46.2 Å². The summed E-state index contributed by atoms with van der Waals surface area (Å²) in [6.07, 6.45) is 1.61. The Hall–Kier alpha value is -2.68. The second-order valence-corrected chi connectivity index (χ2v) is 4.79. The van der Waals surface area contributed by atoms with E-state index in [9.17, 15) is 9.59 Å². The number of ketones is 1. The van der Waals surface area contributed by atoms with Crippen LogP contribution >= 0.6 is 0 Å². The van der Waals surface area contributed by atoms with Crippen molar-refractivity contribution in [2.45, 2.75) is 13.8 Å². The average molecular weight is 279 g/mol. The minimum absolute atomic E-state index is 0.143. The van der Waals surface area contributed by atoms with Gasteiger partial charge in [-0.1, -0.05) is 48.5 Å². The van der Waals surface area contributed by atoms with Crippen molar-refractivity contribution in [3.8, 4) is 0 Å². The summed E-state index contributed by atoms with van der Waals surface area (Å²) in [5, 5.41) is 2.78. The Kier molecular flexibility index (Phi) is 4.67. The van der Waals surface area contributed by atoms with Crippen molar-refractivity contribution in [2.75, 3.05) is 5.32 Å². The van der Waals surface area contributed by atoms with Crippen LogP contribution in [0.2, 0.25) is 0 Å². The predicted octanol–water partition coefficient (Wildman–Crippen LogP) is 3.61. The van der Waals surface area contributed by atoms with Gasteiger partial charge in [0.2, 0.25) is 0 Å². The molecule has 0 spiro atoms. The minimum Gasteiger partial charge on any atom is -0.322 e. The van der Waals surface area contributed by atoms with Crippen LogP contribution in [-0.2, 0) is 9.59 Å². The number of hydrogen-bond acceptors (Lipinski definition) is 2. The number of para-hydroxylation sites is 1. The standard InChI is InChI=1S/C18H17NO2/c1-13-8-6-7-11-17(13)19-18(21)16(14(2)20)12-15-9-4-3-5-10-15/h3-12H,1-2H3,(H,19,21)/b16-12+. The van der Waals surface area contributed by atoms with E-state index in [1.807, 2.05) is 61.5 Å². The lowest BCUT2D eigenvalue weighted by atomic mass is 10.1. The van der Waals surface area contributed by atoms with E-state index in [0.717, 1.165) is 11.1 Å². The van der Waals surface area contributed by atoms with Gasteiger partial charge in [-0.25, -0.2) is 0 Å². The number of amides is 1. The van der Waals surface area contributed by atoms with Crippen molar-refractivity contribution >= 4 is 23.5 Å². The van der Waals surface area contributed by atoms with E-state index in [4.69, 9.17) is 0 Å². The molecule has 3 heteroatoms. The highest BCUT2D eigenvalue weighted by atomic mass is 16.2. The van der Waals surface area contributed by atoms with Gasteiger partial charge in [0.05, 0.1) is 5.57 Å². The van der Waals surface area contributed by atoms with Crippen LogP contribution in [0.4, 0.5) is 5.69 Å². The quantitative estimate of drug-likeness (QED) is 0.528. The molecule has 0 aliphatic rings. The first-order chi connectivity index (χ1) is 10.1. The second-order valence-electron chi connectivity index (χ2n) is 4.79. The van der Waals surface area contributed by atoms with Crippen LogP contribution in [0.1, 0.15) is 18.1 Å². The van der Waals surface area contributed by atoms with Crippen LogP contribution in [0.15, 0.2) is 60.2 Å². The number of anilines is 1. The Morgan fingerprint density at radius 1 is 0.952 bits per heavy atom. The van der Waals surface area contributed by atoms with E-state index >= 15 is 0 Å². The van der Waals surface area contributed by atoms with Crippen LogP contribution in [0.3, 0.4) is 0 Å². The highest BCUT2D eigenvalue weighted by Crippen LogP contribution is 2.16. The van der Waals surface area contributed by atoms with E-state index in [0.29, 0.717) is 5.69 Å². The lowest BCUT2D eigenvalue weighted by Gasteiger charge is -2.09. The molecule has 3 nitrogen and oxygen atoms in total. The third-order valence-corrected chi connectivity index (χ3v) is 3.13. The normalized spacial score (nSPS) is 11.0. The SMILES string of the molecule is CC(=O)/C(=C\c1ccccc1)C(=O)Nc1ccccc1C. The third kappa shape index (κ3) is 3.89. The highest BCUT2D eigenvalue weighted by Gasteiger charge is 2.15. The number of Topliss-reactive ketones (excluding diaryl/α,β-unsaturated/α-hetero) is 1. The number of benzene rings is 2. The predicted molar refractivity (Wildman–Crippen MR) is 84.9 cm³/mol. The maximum absolute atomic E-state index is 12.3. The summed E-state index contributed by atoms with van der Waals surface area (Å²) in [6.45, 7) is 3.30. The van der Waals surface area contributed by atoms with Gasteiger partial charge in [-0.15, -0.1) is 0 Å². The molecule has 1 amide bonds. The molecule has 0 atom stereocenters. The number of carbonyl (C=O) groups excluding carboxylic acids is 2. The van der Waals surface area contributed by atoms with Crippen molar-refractivity contribution < 1.29 is 9.59 Å². The van der Waals surface area contributed by atoms with Crippen molar-refractivity contribution in [3.63, 3.8) is 0 Å². The lowest BCUT2D eigenvalue weighted by Crippen LogP contribution is -2.19. The van der Waals surface area contributed by atoms with Crippen molar-refractivity contribution in [3.05, 3.63) is 71.3 Å². The molecular weight excluding hydrogens is 262 g/mol. The molecule has 0 heterocycles. The van der Waals surface area contributed by atoms with Gasteiger partial charge >= 0.3 is 0 Å². The van der Waals surface area contributed by atoms with Crippen molar-refractivity contribution in [2.24, 2.45) is 0 Å². The van der Waals surface area contributed by atoms with Crippen LogP contribution in [0.25, 0.3) is 6.08 Å². The van der Waals surface area contributed by atoms with Gasteiger partial charge in [-0.05, 0) is 37.1 Å². The third-order valence-electron chi connectivity index (χ3n) is 3.13. The molecule has 0 unspecified atom stereocenters. The van der Waals surface area contributed by atoms with Gasteiger partial charge in [0.1, 0.15) is 0 Å². The molecule has 0 radical (unpaired) electrons. The smallest absolute Gasteiger partial charge is 0.259 e. The van der Waals surface area contributed by atoms with E-state index in [1.165, 1.54) is 6.92 Å². The Labute approximate surface area is 124 Å². The number of hydrogen-bond donors (Lipinski definition) is 1. The van der Waals surface area contributed by atoms with E-state index in [2.05, 4.69) is 5.32 Å². The molecule has 21 heavy (non-hydrogen) atoms. The zero-order chi connectivity index (χ0) is 15.2. The van der Waals surface area contributed by atoms with E-state index in [-0.39, 0.29) is 17.3 Å². The largest absolute Gasteiger partial charge is 0.322 e. The number of nitrogens with one attached hydrogen (secondary N) is 1. The Morgan fingerprint density at radius 3 is 2.19 bits per heavy atom. The van der Waals surface area contributed by atoms with Gasteiger partial charge in [0, 0.05) is 5.69 Å². The summed E-state index contributed by atoms with van der Waals surface area (Å²) < 4.78 is 0. The summed E-state index contributed by atoms with van der Waals surface area (Å²) in [4.78, 5) is 24.0. The van der Waals surface area contributed by atoms with Gasteiger partial charge in [0.25, 0.3) is 5.91 Å². The van der Waals surface area contributed by atoms with Crippen LogP contribution in [-0.4, -0.2) is 11.7 Å². The highest BCUT2D eigenvalue weighted by molar-refractivity contribution is 6.25. The number of aryl methyl sites for hydroxylation is 1. The first-order valence-corrected chi connectivity index (χ1v) is 6.72. The Morgan fingerprint density at radius 2 is 1.57 bits per heavy atom. The Bertz CT molecular complexity index is 687. The van der Waals surface area contributed by atoms with Crippen LogP contribution in [0.5, 0.6) is 0 Å². The monoisotopic (exact) mass is 279 g/mol. The summed E-state index contributed by atoms with van der Waals surface area (Å²) >= 11 is 0. The molecule has 0 fully saturated rings. The minimum atomic E-state index is -0.388. The van der Waals surface area contributed by atoms with Crippen LogP contribution in [0, 0.1) is 6.92 Å². The zero-order valence-electron chi connectivity index (χ0n) is 12.1. The zero-order valence-corrected chi connectivity index (χ0v) is 12.1. The van der Waals surface area contributed by atoms with E-state index < -0.39 is 0 Å². The molecule has 0 aromatic heterocycles. The molecule has 2 rings (SSSR count). The first kappa shape index (κ1) is 14.7. The molecule has 2 aromatic carbocycles. The molecular formula is C18H17NO2. The number of rotatable bonds is 4. The van der Waals surface area contributed by atoms with Crippen LogP contribution < -0.4 is 5.32 Å². The molecule has 0 aliphatic heterocycles. The average Bonchev–Trinajstić information content (AvgIpc) is 2.48. The molecule has 0 bridgehead atoms. The fourth-order valence-corrected chi connectivity index (χ4v) is 1.95. The summed E-state index contributed by atoms with van der Waals surface area (Å²) in [5.74, 6) is -0.648. The van der Waals surface area contributed by atoms with Gasteiger partial charge in [-0.2, -0.15) is 0 Å².